The lowest BCUT2D eigenvalue weighted by Crippen LogP contribution is -2.42. The first-order valence-corrected chi connectivity index (χ1v) is 8.89. The Morgan fingerprint density at radius 2 is 2.00 bits per heavy atom. The summed E-state index contributed by atoms with van der Waals surface area (Å²) in [6.07, 6.45) is 1.48. The summed E-state index contributed by atoms with van der Waals surface area (Å²) in [5.74, 6) is 0.865. The molecule has 0 unspecified atom stereocenters. The maximum absolute atomic E-state index is 12.7. The lowest BCUT2D eigenvalue weighted by Gasteiger charge is -2.23. The molecule has 1 atom stereocenters. The second kappa shape index (κ2) is 7.57. The van der Waals surface area contributed by atoms with E-state index < -0.39 is 6.04 Å². The van der Waals surface area contributed by atoms with Crippen LogP contribution in [-0.4, -0.2) is 43.5 Å². The molecule has 0 spiro atoms. The molecule has 132 valence electrons. The van der Waals surface area contributed by atoms with Crippen LogP contribution in [0.1, 0.15) is 22.5 Å². The van der Waals surface area contributed by atoms with Gasteiger partial charge in [-0.3, -0.25) is 9.59 Å². The standard InChI is InChI=1S/C18H20N2O4S/c1-23-14-8-7-12(11-15(14)24-2)19-17(21)13-5-3-9-20(13)18(22)16-6-4-10-25-16/h4,6-8,10-11,13H,3,5,9H2,1-2H3,(H,19,21)/t13-/m0/s1. The Bertz CT molecular complexity index is 760. The third-order valence-corrected chi connectivity index (χ3v) is 5.06. The molecule has 1 aliphatic heterocycles. The van der Waals surface area contributed by atoms with E-state index in [1.807, 2.05) is 11.4 Å². The van der Waals surface area contributed by atoms with Gasteiger partial charge in [-0.05, 0) is 36.4 Å². The molecule has 2 heterocycles. The van der Waals surface area contributed by atoms with E-state index in [0.29, 0.717) is 35.0 Å². The minimum absolute atomic E-state index is 0.0834. The first-order valence-electron chi connectivity index (χ1n) is 8.01. The van der Waals surface area contributed by atoms with Gasteiger partial charge in [0.05, 0.1) is 19.1 Å². The topological polar surface area (TPSA) is 67.9 Å². The summed E-state index contributed by atoms with van der Waals surface area (Å²) in [4.78, 5) is 27.6. The van der Waals surface area contributed by atoms with Crippen LogP contribution in [0.2, 0.25) is 0 Å². The number of rotatable bonds is 5. The van der Waals surface area contributed by atoms with Crippen molar-refractivity contribution >= 4 is 28.8 Å². The molecule has 25 heavy (non-hydrogen) atoms. The van der Waals surface area contributed by atoms with Gasteiger partial charge < -0.3 is 19.7 Å². The number of carbonyl (C=O) groups excluding carboxylic acids is 2. The molecule has 1 aliphatic rings. The van der Waals surface area contributed by atoms with E-state index in [0.717, 1.165) is 6.42 Å². The van der Waals surface area contributed by atoms with Gasteiger partial charge in [-0.2, -0.15) is 0 Å². The van der Waals surface area contributed by atoms with Crippen LogP contribution in [0.5, 0.6) is 11.5 Å². The maximum atomic E-state index is 12.7. The normalized spacial score (nSPS) is 16.6. The number of thiophene rings is 1. The number of amides is 2. The third kappa shape index (κ3) is 3.61. The van der Waals surface area contributed by atoms with Crippen LogP contribution in [0, 0.1) is 0 Å². The van der Waals surface area contributed by atoms with Crippen LogP contribution < -0.4 is 14.8 Å². The maximum Gasteiger partial charge on any atom is 0.264 e. The number of benzene rings is 1. The average Bonchev–Trinajstić information content (AvgIpc) is 3.32. The van der Waals surface area contributed by atoms with Gasteiger partial charge in [-0.15, -0.1) is 11.3 Å². The molecule has 0 aliphatic carbocycles. The zero-order valence-corrected chi connectivity index (χ0v) is 15.0. The van der Waals surface area contributed by atoms with Crippen molar-refractivity contribution in [3.05, 3.63) is 40.6 Å². The molecule has 6 nitrogen and oxygen atoms in total. The minimum Gasteiger partial charge on any atom is -0.493 e. The third-order valence-electron chi connectivity index (χ3n) is 4.20. The van der Waals surface area contributed by atoms with Crippen molar-refractivity contribution in [1.29, 1.82) is 0 Å². The lowest BCUT2D eigenvalue weighted by atomic mass is 10.2. The van der Waals surface area contributed by atoms with E-state index in [1.165, 1.54) is 11.3 Å². The van der Waals surface area contributed by atoms with E-state index in [4.69, 9.17) is 9.47 Å². The fourth-order valence-electron chi connectivity index (χ4n) is 2.96. The zero-order chi connectivity index (χ0) is 17.8. The van der Waals surface area contributed by atoms with Crippen molar-refractivity contribution in [2.75, 3.05) is 26.1 Å². The predicted molar refractivity (Wildman–Crippen MR) is 96.6 cm³/mol. The minimum atomic E-state index is -0.456. The Hall–Kier alpha value is -2.54. The van der Waals surface area contributed by atoms with Crippen LogP contribution in [0.15, 0.2) is 35.7 Å². The number of hydrogen-bond acceptors (Lipinski definition) is 5. The van der Waals surface area contributed by atoms with Gasteiger partial charge >= 0.3 is 0 Å². The summed E-state index contributed by atoms with van der Waals surface area (Å²) in [5.41, 5.74) is 0.609. The van der Waals surface area contributed by atoms with E-state index >= 15 is 0 Å². The van der Waals surface area contributed by atoms with Gasteiger partial charge in [-0.25, -0.2) is 0 Å². The van der Waals surface area contributed by atoms with E-state index in [2.05, 4.69) is 5.32 Å². The van der Waals surface area contributed by atoms with Crippen LogP contribution in [0.25, 0.3) is 0 Å². The lowest BCUT2D eigenvalue weighted by molar-refractivity contribution is -0.119. The van der Waals surface area contributed by atoms with Crippen molar-refractivity contribution in [1.82, 2.24) is 4.90 Å². The number of carbonyl (C=O) groups is 2. The number of likely N-dealkylation sites (tertiary alicyclic amines) is 1. The molecule has 1 saturated heterocycles. The quantitative estimate of drug-likeness (QED) is 0.890. The Morgan fingerprint density at radius 1 is 1.20 bits per heavy atom. The van der Waals surface area contributed by atoms with Crippen molar-refractivity contribution in [2.45, 2.75) is 18.9 Å². The number of nitrogens with zero attached hydrogens (tertiary/aromatic N) is 1. The fourth-order valence-corrected chi connectivity index (χ4v) is 3.64. The van der Waals surface area contributed by atoms with Gasteiger partial charge in [-0.1, -0.05) is 6.07 Å². The molecule has 1 aromatic carbocycles. The van der Waals surface area contributed by atoms with Crippen LogP contribution in [0.4, 0.5) is 5.69 Å². The summed E-state index contributed by atoms with van der Waals surface area (Å²) in [6.45, 7) is 0.598. The number of ether oxygens (including phenoxy) is 2. The predicted octanol–water partition coefficient (Wildman–Crippen LogP) is 3.01. The van der Waals surface area contributed by atoms with Crippen molar-refractivity contribution in [2.24, 2.45) is 0 Å². The first kappa shape index (κ1) is 17.3. The van der Waals surface area contributed by atoms with Gasteiger partial charge in [0.15, 0.2) is 11.5 Å². The van der Waals surface area contributed by atoms with E-state index in [9.17, 15) is 9.59 Å². The van der Waals surface area contributed by atoms with Crippen molar-refractivity contribution in [3.63, 3.8) is 0 Å². The molecule has 0 radical (unpaired) electrons. The largest absolute Gasteiger partial charge is 0.493 e. The fraction of sp³-hybridized carbons (Fsp3) is 0.333. The smallest absolute Gasteiger partial charge is 0.264 e. The highest BCUT2D eigenvalue weighted by Gasteiger charge is 2.34. The average molecular weight is 360 g/mol. The molecular weight excluding hydrogens is 340 g/mol. The molecule has 1 aromatic heterocycles. The van der Waals surface area contributed by atoms with Crippen molar-refractivity contribution in [3.8, 4) is 11.5 Å². The summed E-state index contributed by atoms with van der Waals surface area (Å²) < 4.78 is 10.4. The number of nitrogens with one attached hydrogen (secondary N) is 1. The Balaban J connectivity index is 1.73. The molecule has 1 fully saturated rings. The number of methoxy groups -OCH3 is 2. The molecule has 1 N–H and O–H groups in total. The Morgan fingerprint density at radius 3 is 2.68 bits per heavy atom. The van der Waals surface area contributed by atoms with Gasteiger partial charge in [0, 0.05) is 18.3 Å². The van der Waals surface area contributed by atoms with E-state index in [1.54, 1.807) is 43.4 Å². The molecular formula is C18H20N2O4S. The molecule has 0 bridgehead atoms. The highest BCUT2D eigenvalue weighted by molar-refractivity contribution is 7.12. The van der Waals surface area contributed by atoms with E-state index in [-0.39, 0.29) is 11.8 Å². The summed E-state index contributed by atoms with van der Waals surface area (Å²) in [5, 5.41) is 4.74. The van der Waals surface area contributed by atoms with Gasteiger partial charge in [0.25, 0.3) is 5.91 Å². The van der Waals surface area contributed by atoms with Crippen LogP contribution in [0.3, 0.4) is 0 Å². The number of hydrogen-bond donors (Lipinski definition) is 1. The first-order chi connectivity index (χ1) is 12.1. The highest BCUT2D eigenvalue weighted by atomic mass is 32.1. The second-order valence-corrected chi connectivity index (χ2v) is 6.64. The van der Waals surface area contributed by atoms with Crippen LogP contribution in [-0.2, 0) is 4.79 Å². The summed E-state index contributed by atoms with van der Waals surface area (Å²) >= 11 is 1.39. The Kier molecular flexibility index (Phi) is 5.23. The van der Waals surface area contributed by atoms with Gasteiger partial charge in [0.2, 0.25) is 5.91 Å². The molecule has 2 aromatic rings. The monoisotopic (exact) mass is 360 g/mol. The highest BCUT2D eigenvalue weighted by Crippen LogP contribution is 2.30. The van der Waals surface area contributed by atoms with Crippen molar-refractivity contribution < 1.29 is 19.1 Å². The Labute approximate surface area is 150 Å². The van der Waals surface area contributed by atoms with Gasteiger partial charge in [0.1, 0.15) is 6.04 Å². The molecule has 2 amide bonds. The molecule has 0 saturated carbocycles. The SMILES string of the molecule is COc1ccc(NC(=O)[C@@H]2CCCN2C(=O)c2cccs2)cc1OC. The zero-order valence-electron chi connectivity index (χ0n) is 14.2. The number of anilines is 1. The molecule has 3 rings (SSSR count). The van der Waals surface area contributed by atoms with Crippen LogP contribution >= 0.6 is 11.3 Å². The summed E-state index contributed by atoms with van der Waals surface area (Å²) in [7, 11) is 3.10. The summed E-state index contributed by atoms with van der Waals surface area (Å²) in [6, 6.07) is 8.36. The second-order valence-electron chi connectivity index (χ2n) is 5.69. The molecule has 7 heteroatoms.